The maximum absolute atomic E-state index is 10.6. The van der Waals surface area contributed by atoms with Crippen molar-refractivity contribution in [2.24, 2.45) is 0 Å². The molecule has 3 aromatic carbocycles. The lowest BCUT2D eigenvalue weighted by Crippen LogP contribution is -2.17. The normalized spacial score (nSPS) is 11.9. The highest BCUT2D eigenvalue weighted by Crippen LogP contribution is 2.28. The molecule has 4 nitrogen and oxygen atoms in total. The van der Waals surface area contributed by atoms with Crippen LogP contribution < -0.4 is 10.1 Å². The van der Waals surface area contributed by atoms with Crippen molar-refractivity contribution in [2.75, 3.05) is 13.2 Å². The Kier molecular flexibility index (Phi) is 9.99. The molecule has 0 saturated heterocycles. The van der Waals surface area contributed by atoms with Crippen LogP contribution in [0.25, 0.3) is 0 Å². The van der Waals surface area contributed by atoms with Crippen molar-refractivity contribution in [3.8, 4) is 5.75 Å². The number of benzene rings is 3. The van der Waals surface area contributed by atoms with Crippen LogP contribution in [-0.4, -0.2) is 24.2 Å². The summed E-state index contributed by atoms with van der Waals surface area (Å²) in [6, 6.07) is 22.9. The molecule has 0 fully saturated rings. The first-order valence-corrected chi connectivity index (χ1v) is 12.2. The molecular formula is C29H34ClNO3. The Balaban J connectivity index is 1.52. The zero-order valence-electron chi connectivity index (χ0n) is 20.0. The highest BCUT2D eigenvalue weighted by Gasteiger charge is 2.14. The minimum atomic E-state index is -0.789. The molecule has 0 heterocycles. The van der Waals surface area contributed by atoms with Crippen molar-refractivity contribution in [1.82, 2.24) is 5.32 Å². The van der Waals surface area contributed by atoms with Crippen LogP contribution in [0, 0.1) is 13.8 Å². The van der Waals surface area contributed by atoms with E-state index in [4.69, 9.17) is 21.4 Å². The summed E-state index contributed by atoms with van der Waals surface area (Å²) in [5.41, 5.74) is 6.36. The molecule has 3 rings (SSSR count). The van der Waals surface area contributed by atoms with Gasteiger partial charge in [-0.15, -0.1) is 0 Å². The van der Waals surface area contributed by atoms with Crippen LogP contribution in [0.4, 0.5) is 0 Å². The van der Waals surface area contributed by atoms with Crippen LogP contribution in [0.1, 0.15) is 53.0 Å². The number of halogens is 1. The van der Waals surface area contributed by atoms with Gasteiger partial charge in [0.1, 0.15) is 5.75 Å². The van der Waals surface area contributed by atoms with Gasteiger partial charge >= 0.3 is 5.97 Å². The third-order valence-electron chi connectivity index (χ3n) is 6.11. The molecule has 5 heteroatoms. The van der Waals surface area contributed by atoms with Crippen LogP contribution in [-0.2, 0) is 17.8 Å². The molecule has 0 aliphatic heterocycles. The fourth-order valence-electron chi connectivity index (χ4n) is 4.01. The van der Waals surface area contributed by atoms with E-state index < -0.39 is 5.97 Å². The SMILES string of the molecule is Cc1ccc(CC(CCCOc2ccc(CNCCC(=O)O)cc2)c2cccc(Cl)c2)cc1C. The van der Waals surface area contributed by atoms with E-state index in [1.54, 1.807) is 0 Å². The highest BCUT2D eigenvalue weighted by molar-refractivity contribution is 6.30. The molecule has 180 valence electrons. The van der Waals surface area contributed by atoms with Gasteiger partial charge in [0.25, 0.3) is 0 Å². The standard InChI is InChI=1S/C29H34ClNO3/c1-21-8-9-24(17-22(21)2)18-25(26-5-3-7-27(30)19-26)6-4-16-34-28-12-10-23(11-13-28)20-31-15-14-29(32)33/h3,5,7-13,17,19,25,31H,4,6,14-16,18,20H2,1-2H3,(H,32,33). The predicted molar refractivity (Wildman–Crippen MR) is 139 cm³/mol. The van der Waals surface area contributed by atoms with Crippen molar-refractivity contribution >= 4 is 17.6 Å². The predicted octanol–water partition coefficient (Wildman–Crippen LogP) is 6.71. The number of rotatable bonds is 13. The molecule has 34 heavy (non-hydrogen) atoms. The minimum absolute atomic E-state index is 0.126. The second-order valence-electron chi connectivity index (χ2n) is 8.83. The summed E-state index contributed by atoms with van der Waals surface area (Å²) in [4.78, 5) is 10.6. The van der Waals surface area contributed by atoms with E-state index in [1.165, 1.54) is 22.3 Å². The van der Waals surface area contributed by atoms with Crippen LogP contribution in [0.2, 0.25) is 5.02 Å². The van der Waals surface area contributed by atoms with E-state index in [1.807, 2.05) is 36.4 Å². The number of carboxylic acid groups (broad SMARTS) is 1. The third-order valence-corrected chi connectivity index (χ3v) is 6.34. The van der Waals surface area contributed by atoms with Crippen molar-refractivity contribution in [3.63, 3.8) is 0 Å². The Hall–Kier alpha value is -2.82. The van der Waals surface area contributed by atoms with Gasteiger partial charge in [-0.1, -0.05) is 54.1 Å². The van der Waals surface area contributed by atoms with Crippen molar-refractivity contribution in [3.05, 3.63) is 99.6 Å². The molecule has 0 saturated carbocycles. The summed E-state index contributed by atoms with van der Waals surface area (Å²) >= 11 is 6.29. The van der Waals surface area contributed by atoms with E-state index in [-0.39, 0.29) is 6.42 Å². The smallest absolute Gasteiger partial charge is 0.304 e. The monoisotopic (exact) mass is 479 g/mol. The molecule has 0 aliphatic carbocycles. The Labute approximate surface area is 207 Å². The van der Waals surface area contributed by atoms with Crippen LogP contribution in [0.5, 0.6) is 5.75 Å². The lowest BCUT2D eigenvalue weighted by molar-refractivity contribution is -0.136. The van der Waals surface area contributed by atoms with Gasteiger partial charge in [0, 0.05) is 18.1 Å². The minimum Gasteiger partial charge on any atom is -0.494 e. The molecule has 3 aromatic rings. The maximum Gasteiger partial charge on any atom is 0.304 e. The Bertz CT molecular complexity index is 1070. The van der Waals surface area contributed by atoms with Gasteiger partial charge in [-0.3, -0.25) is 4.79 Å². The molecule has 0 amide bonds. The van der Waals surface area contributed by atoms with Crippen LogP contribution in [0.15, 0.2) is 66.7 Å². The zero-order chi connectivity index (χ0) is 24.3. The van der Waals surface area contributed by atoms with E-state index in [0.29, 0.717) is 25.6 Å². The van der Waals surface area contributed by atoms with Crippen molar-refractivity contribution in [2.45, 2.75) is 52.0 Å². The number of carboxylic acids is 1. The van der Waals surface area contributed by atoms with Gasteiger partial charge in [0.05, 0.1) is 13.0 Å². The average Bonchev–Trinajstić information content (AvgIpc) is 2.82. The molecular weight excluding hydrogens is 446 g/mol. The highest BCUT2D eigenvalue weighted by atomic mass is 35.5. The fraction of sp³-hybridized carbons (Fsp3) is 0.345. The van der Waals surface area contributed by atoms with E-state index in [2.05, 4.69) is 49.5 Å². The van der Waals surface area contributed by atoms with Gasteiger partial charge in [-0.2, -0.15) is 0 Å². The number of hydrogen-bond donors (Lipinski definition) is 2. The molecule has 1 atom stereocenters. The lowest BCUT2D eigenvalue weighted by Gasteiger charge is -2.19. The molecule has 0 aliphatic rings. The molecule has 1 unspecified atom stereocenters. The maximum atomic E-state index is 10.6. The Morgan fingerprint density at radius 3 is 2.47 bits per heavy atom. The Morgan fingerprint density at radius 2 is 1.76 bits per heavy atom. The number of nitrogens with one attached hydrogen (secondary N) is 1. The summed E-state index contributed by atoms with van der Waals surface area (Å²) in [6.45, 7) is 6.07. The molecule has 2 N–H and O–H groups in total. The summed E-state index contributed by atoms with van der Waals surface area (Å²) in [7, 11) is 0. The largest absolute Gasteiger partial charge is 0.494 e. The summed E-state index contributed by atoms with van der Waals surface area (Å²) in [5, 5.41) is 12.6. The number of carbonyl (C=O) groups is 1. The second kappa shape index (κ2) is 13.2. The number of ether oxygens (including phenoxy) is 1. The van der Waals surface area contributed by atoms with E-state index in [9.17, 15) is 4.79 Å². The first-order valence-electron chi connectivity index (χ1n) is 11.9. The van der Waals surface area contributed by atoms with Gasteiger partial charge in [0.15, 0.2) is 0 Å². The molecule has 0 radical (unpaired) electrons. The Morgan fingerprint density at radius 1 is 1.00 bits per heavy atom. The quantitative estimate of drug-likeness (QED) is 0.267. The zero-order valence-corrected chi connectivity index (χ0v) is 20.8. The number of aliphatic carboxylic acids is 1. The fourth-order valence-corrected chi connectivity index (χ4v) is 4.21. The van der Waals surface area contributed by atoms with E-state index >= 15 is 0 Å². The number of aryl methyl sites for hydroxylation is 2. The number of hydrogen-bond acceptors (Lipinski definition) is 3. The van der Waals surface area contributed by atoms with Crippen LogP contribution >= 0.6 is 11.6 Å². The van der Waals surface area contributed by atoms with Gasteiger partial charge in [0.2, 0.25) is 0 Å². The van der Waals surface area contributed by atoms with E-state index in [0.717, 1.165) is 35.6 Å². The molecule has 0 aromatic heterocycles. The van der Waals surface area contributed by atoms with Gasteiger partial charge in [-0.25, -0.2) is 0 Å². The third kappa shape index (κ3) is 8.51. The van der Waals surface area contributed by atoms with Crippen molar-refractivity contribution < 1.29 is 14.6 Å². The van der Waals surface area contributed by atoms with Crippen LogP contribution in [0.3, 0.4) is 0 Å². The average molecular weight is 480 g/mol. The summed E-state index contributed by atoms with van der Waals surface area (Å²) in [6.07, 6.45) is 3.06. The molecule has 0 spiro atoms. The summed E-state index contributed by atoms with van der Waals surface area (Å²) in [5.74, 6) is 0.439. The second-order valence-corrected chi connectivity index (χ2v) is 9.27. The van der Waals surface area contributed by atoms with Gasteiger partial charge < -0.3 is 15.2 Å². The topological polar surface area (TPSA) is 58.6 Å². The molecule has 0 bridgehead atoms. The van der Waals surface area contributed by atoms with Gasteiger partial charge in [-0.05, 0) is 91.1 Å². The first kappa shape index (κ1) is 25.8. The van der Waals surface area contributed by atoms with Crippen molar-refractivity contribution in [1.29, 1.82) is 0 Å². The first-order chi connectivity index (χ1) is 16.4. The summed E-state index contributed by atoms with van der Waals surface area (Å²) < 4.78 is 5.99. The lowest BCUT2D eigenvalue weighted by atomic mass is 9.87.